The summed E-state index contributed by atoms with van der Waals surface area (Å²) in [7, 11) is -2.46. The first-order valence-corrected chi connectivity index (χ1v) is 8.42. The van der Waals surface area contributed by atoms with E-state index in [-0.39, 0.29) is 22.8 Å². The highest BCUT2D eigenvalue weighted by Gasteiger charge is 2.18. The van der Waals surface area contributed by atoms with E-state index < -0.39 is 15.9 Å². The van der Waals surface area contributed by atoms with Gasteiger partial charge in [0.05, 0.1) is 17.6 Å². The molecule has 0 atom stereocenters. The van der Waals surface area contributed by atoms with Crippen LogP contribution in [-0.4, -0.2) is 21.4 Å². The average Bonchev–Trinajstić information content (AvgIpc) is 2.53. The molecule has 0 aliphatic carbocycles. The third-order valence-corrected chi connectivity index (χ3v) is 4.92. The molecule has 8 heteroatoms. The van der Waals surface area contributed by atoms with Crippen LogP contribution < -0.4 is 15.2 Å². The number of amides is 1. The number of nitrogens with one attached hydrogen (secondary N) is 1. The number of carbonyl (C=O) groups excluding carboxylic acids is 1. The number of primary amides is 1. The van der Waals surface area contributed by atoms with Crippen molar-refractivity contribution in [1.82, 2.24) is 4.72 Å². The van der Waals surface area contributed by atoms with Crippen molar-refractivity contribution in [3.05, 3.63) is 58.6 Å². The lowest BCUT2D eigenvalue weighted by Gasteiger charge is -2.11. The molecule has 23 heavy (non-hydrogen) atoms. The van der Waals surface area contributed by atoms with Gasteiger partial charge in [-0.3, -0.25) is 4.79 Å². The van der Waals surface area contributed by atoms with Crippen LogP contribution in [0.4, 0.5) is 0 Å². The summed E-state index contributed by atoms with van der Waals surface area (Å²) >= 11 is 5.99. The molecule has 0 bridgehead atoms. The van der Waals surface area contributed by atoms with Gasteiger partial charge in [-0.25, -0.2) is 13.1 Å². The van der Waals surface area contributed by atoms with Crippen LogP contribution in [0.15, 0.2) is 47.4 Å². The lowest BCUT2D eigenvalue weighted by molar-refractivity contribution is 0.0997. The largest absolute Gasteiger partial charge is 0.496 e. The topological polar surface area (TPSA) is 98.5 Å². The Morgan fingerprint density at radius 3 is 2.57 bits per heavy atom. The Morgan fingerprint density at radius 2 is 1.96 bits per heavy atom. The van der Waals surface area contributed by atoms with Crippen LogP contribution in [0, 0.1) is 0 Å². The molecule has 0 spiro atoms. The van der Waals surface area contributed by atoms with Gasteiger partial charge in [-0.15, -0.1) is 0 Å². The number of rotatable bonds is 6. The second kappa shape index (κ2) is 6.99. The van der Waals surface area contributed by atoms with Crippen molar-refractivity contribution in [1.29, 1.82) is 0 Å². The number of halogens is 1. The summed E-state index contributed by atoms with van der Waals surface area (Å²) in [6.07, 6.45) is 0. The van der Waals surface area contributed by atoms with E-state index in [0.29, 0.717) is 10.6 Å². The molecule has 0 saturated carbocycles. The molecule has 2 aromatic carbocycles. The Morgan fingerprint density at radius 1 is 1.26 bits per heavy atom. The number of hydrogen-bond acceptors (Lipinski definition) is 4. The summed E-state index contributed by atoms with van der Waals surface area (Å²) in [5, 5.41) is 0.461. The SMILES string of the molecule is COc1ccc(S(=O)(=O)NCc2ccccc2Cl)cc1C(N)=O. The number of methoxy groups -OCH3 is 1. The predicted octanol–water partition coefficient (Wildman–Crippen LogP) is 1.93. The highest BCUT2D eigenvalue weighted by molar-refractivity contribution is 7.89. The fraction of sp³-hybridized carbons (Fsp3) is 0.133. The minimum atomic E-state index is -3.83. The summed E-state index contributed by atoms with van der Waals surface area (Å²) in [4.78, 5) is 11.3. The third kappa shape index (κ3) is 4.01. The Kier molecular flexibility index (Phi) is 5.25. The van der Waals surface area contributed by atoms with E-state index >= 15 is 0 Å². The van der Waals surface area contributed by atoms with Gasteiger partial charge in [0.15, 0.2) is 0 Å². The molecule has 0 saturated heterocycles. The number of hydrogen-bond donors (Lipinski definition) is 2. The lowest BCUT2D eigenvalue weighted by atomic mass is 10.2. The van der Waals surface area contributed by atoms with Gasteiger partial charge in [0.1, 0.15) is 5.75 Å². The molecule has 0 aliphatic heterocycles. The Hall–Kier alpha value is -2.09. The molecule has 1 amide bonds. The molecule has 0 aliphatic rings. The van der Waals surface area contributed by atoms with E-state index in [1.54, 1.807) is 24.3 Å². The minimum absolute atomic E-state index is 0.00637. The molecule has 2 aromatic rings. The minimum Gasteiger partial charge on any atom is -0.496 e. The molecule has 2 rings (SSSR count). The van der Waals surface area contributed by atoms with Crippen LogP contribution in [0.25, 0.3) is 0 Å². The molecule has 0 unspecified atom stereocenters. The average molecular weight is 355 g/mol. The second-order valence-electron chi connectivity index (χ2n) is 4.64. The molecule has 6 nitrogen and oxygen atoms in total. The first kappa shape index (κ1) is 17.3. The van der Waals surface area contributed by atoms with Gasteiger partial charge >= 0.3 is 0 Å². The molecule has 122 valence electrons. The van der Waals surface area contributed by atoms with Gasteiger partial charge < -0.3 is 10.5 Å². The Bertz CT molecular complexity index is 837. The van der Waals surface area contributed by atoms with Crippen molar-refractivity contribution in [3.8, 4) is 5.75 Å². The molecule has 0 aromatic heterocycles. The normalized spacial score (nSPS) is 11.2. The molecule has 3 N–H and O–H groups in total. The van der Waals surface area contributed by atoms with Crippen molar-refractivity contribution in [2.24, 2.45) is 5.73 Å². The van der Waals surface area contributed by atoms with Gasteiger partial charge in [-0.2, -0.15) is 0 Å². The summed E-state index contributed by atoms with van der Waals surface area (Å²) in [6, 6.07) is 10.8. The lowest BCUT2D eigenvalue weighted by Crippen LogP contribution is -2.24. The van der Waals surface area contributed by atoms with E-state index in [4.69, 9.17) is 22.1 Å². The summed E-state index contributed by atoms with van der Waals surface area (Å²) in [6.45, 7) is 0.0277. The highest BCUT2D eigenvalue weighted by Crippen LogP contribution is 2.22. The van der Waals surface area contributed by atoms with Crippen LogP contribution in [-0.2, 0) is 16.6 Å². The number of benzene rings is 2. The summed E-state index contributed by atoms with van der Waals surface area (Å²) in [5.41, 5.74) is 5.87. The molecular weight excluding hydrogens is 340 g/mol. The van der Waals surface area contributed by atoms with E-state index in [2.05, 4.69) is 4.72 Å². The fourth-order valence-corrected chi connectivity index (χ4v) is 3.18. The van der Waals surface area contributed by atoms with Gasteiger partial charge in [-0.05, 0) is 29.8 Å². The van der Waals surface area contributed by atoms with Crippen molar-refractivity contribution in [2.45, 2.75) is 11.4 Å². The zero-order chi connectivity index (χ0) is 17.0. The number of nitrogens with two attached hydrogens (primary N) is 1. The van der Waals surface area contributed by atoms with Gasteiger partial charge in [0.2, 0.25) is 10.0 Å². The van der Waals surface area contributed by atoms with Crippen LogP contribution in [0.1, 0.15) is 15.9 Å². The molecule has 0 radical (unpaired) electrons. The van der Waals surface area contributed by atoms with E-state index in [1.165, 1.54) is 25.3 Å². The van der Waals surface area contributed by atoms with Gasteiger partial charge in [-0.1, -0.05) is 29.8 Å². The van der Waals surface area contributed by atoms with E-state index in [9.17, 15) is 13.2 Å². The summed E-state index contributed by atoms with van der Waals surface area (Å²) in [5.74, 6) is -0.562. The molecule has 0 heterocycles. The van der Waals surface area contributed by atoms with Crippen molar-refractivity contribution in [2.75, 3.05) is 7.11 Å². The zero-order valence-electron chi connectivity index (χ0n) is 12.2. The summed E-state index contributed by atoms with van der Waals surface area (Å²) < 4.78 is 32.1. The number of ether oxygens (including phenoxy) is 1. The maximum absolute atomic E-state index is 12.3. The first-order chi connectivity index (χ1) is 10.8. The zero-order valence-corrected chi connectivity index (χ0v) is 13.8. The highest BCUT2D eigenvalue weighted by atomic mass is 35.5. The molecular formula is C15H15ClN2O4S. The van der Waals surface area contributed by atoms with Crippen molar-refractivity contribution in [3.63, 3.8) is 0 Å². The van der Waals surface area contributed by atoms with Crippen molar-refractivity contribution >= 4 is 27.5 Å². The van der Waals surface area contributed by atoms with Crippen LogP contribution in [0.5, 0.6) is 5.75 Å². The predicted molar refractivity (Wildman–Crippen MR) is 87.0 cm³/mol. The van der Waals surface area contributed by atoms with Crippen LogP contribution in [0.2, 0.25) is 5.02 Å². The Labute approximate surface area is 139 Å². The maximum Gasteiger partial charge on any atom is 0.252 e. The van der Waals surface area contributed by atoms with Crippen molar-refractivity contribution < 1.29 is 17.9 Å². The van der Waals surface area contributed by atoms with Gasteiger partial charge in [0, 0.05) is 11.6 Å². The second-order valence-corrected chi connectivity index (χ2v) is 6.82. The first-order valence-electron chi connectivity index (χ1n) is 6.56. The third-order valence-electron chi connectivity index (χ3n) is 3.16. The fourth-order valence-electron chi connectivity index (χ4n) is 1.94. The quantitative estimate of drug-likeness (QED) is 0.828. The van der Waals surface area contributed by atoms with Crippen LogP contribution >= 0.6 is 11.6 Å². The maximum atomic E-state index is 12.3. The van der Waals surface area contributed by atoms with E-state index in [0.717, 1.165) is 0 Å². The number of sulfonamides is 1. The molecule has 0 fully saturated rings. The van der Waals surface area contributed by atoms with Crippen LogP contribution in [0.3, 0.4) is 0 Å². The number of carbonyl (C=O) groups is 1. The van der Waals surface area contributed by atoms with Gasteiger partial charge in [0.25, 0.3) is 5.91 Å². The monoisotopic (exact) mass is 354 g/mol. The van der Waals surface area contributed by atoms with E-state index in [1.807, 2.05) is 0 Å². The standard InChI is InChI=1S/C15H15ClN2O4S/c1-22-14-7-6-11(8-12(14)15(17)19)23(20,21)18-9-10-4-2-3-5-13(10)16/h2-8,18H,9H2,1H3,(H2,17,19). The smallest absolute Gasteiger partial charge is 0.252 e. The Balaban J connectivity index is 2.28.